The van der Waals surface area contributed by atoms with Gasteiger partial charge in [-0.3, -0.25) is 4.79 Å². The van der Waals surface area contributed by atoms with Crippen LogP contribution in [-0.4, -0.2) is 36.0 Å². The summed E-state index contributed by atoms with van der Waals surface area (Å²) in [5, 5.41) is 3.80. The summed E-state index contributed by atoms with van der Waals surface area (Å²) in [6.07, 6.45) is 5.10. The van der Waals surface area contributed by atoms with Gasteiger partial charge in [0.05, 0.1) is 0 Å². The van der Waals surface area contributed by atoms with E-state index in [1.54, 1.807) is 6.92 Å². The second-order valence-corrected chi connectivity index (χ2v) is 5.90. The first-order chi connectivity index (χ1) is 8.11. The molecule has 3 heteroatoms. The van der Waals surface area contributed by atoms with E-state index in [1.807, 2.05) is 4.90 Å². The minimum absolute atomic E-state index is 0.252. The van der Waals surface area contributed by atoms with Crippen LogP contribution >= 0.6 is 0 Å². The average molecular weight is 238 g/mol. The molecule has 1 heterocycles. The highest BCUT2D eigenvalue weighted by atomic mass is 16.2. The van der Waals surface area contributed by atoms with E-state index < -0.39 is 0 Å². The van der Waals surface area contributed by atoms with Crippen LogP contribution in [0.3, 0.4) is 0 Å². The number of amides is 1. The van der Waals surface area contributed by atoms with Crippen molar-refractivity contribution >= 4 is 5.91 Å². The molecule has 1 saturated carbocycles. The molecule has 0 aromatic rings. The molecular weight excluding hydrogens is 212 g/mol. The molecule has 1 aliphatic carbocycles. The summed E-state index contributed by atoms with van der Waals surface area (Å²) >= 11 is 0. The molecule has 3 unspecified atom stereocenters. The molecule has 2 rings (SSSR count). The molecule has 2 bridgehead atoms. The van der Waals surface area contributed by atoms with Gasteiger partial charge >= 0.3 is 0 Å². The van der Waals surface area contributed by atoms with Gasteiger partial charge in [0.2, 0.25) is 5.91 Å². The molecule has 1 aliphatic heterocycles. The van der Waals surface area contributed by atoms with Crippen molar-refractivity contribution in [2.75, 3.05) is 13.1 Å². The molecule has 3 atom stereocenters. The lowest BCUT2D eigenvalue weighted by Crippen LogP contribution is -2.54. The van der Waals surface area contributed by atoms with Gasteiger partial charge in [0.15, 0.2) is 0 Å². The maximum absolute atomic E-state index is 11.5. The van der Waals surface area contributed by atoms with Crippen molar-refractivity contribution in [3.8, 4) is 0 Å². The summed E-state index contributed by atoms with van der Waals surface area (Å²) in [6, 6.07) is 1.28. The maximum atomic E-state index is 11.5. The number of carbonyl (C=O) groups is 1. The first kappa shape index (κ1) is 12.9. The Bertz CT molecular complexity index is 265. The van der Waals surface area contributed by atoms with Gasteiger partial charge in [0, 0.05) is 32.1 Å². The fourth-order valence-electron chi connectivity index (χ4n) is 3.60. The zero-order valence-corrected chi connectivity index (χ0v) is 11.4. The number of piperidine rings is 1. The first-order valence-electron chi connectivity index (χ1n) is 7.13. The Hall–Kier alpha value is -0.570. The van der Waals surface area contributed by atoms with Crippen LogP contribution in [0.5, 0.6) is 0 Å². The van der Waals surface area contributed by atoms with Crippen LogP contribution < -0.4 is 5.32 Å². The summed E-state index contributed by atoms with van der Waals surface area (Å²) in [5.74, 6) is 1.64. The third-order valence-corrected chi connectivity index (χ3v) is 4.48. The van der Waals surface area contributed by atoms with Gasteiger partial charge < -0.3 is 10.2 Å². The fraction of sp³-hybridized carbons (Fsp3) is 0.929. The molecule has 0 aromatic heterocycles. The third-order valence-electron chi connectivity index (χ3n) is 4.48. The molecule has 17 heavy (non-hydrogen) atoms. The quantitative estimate of drug-likeness (QED) is 0.812. The molecule has 0 radical (unpaired) electrons. The predicted octanol–water partition coefficient (Wildman–Crippen LogP) is 2.02. The first-order valence-corrected chi connectivity index (χ1v) is 7.13. The van der Waals surface area contributed by atoms with Crippen LogP contribution in [0.4, 0.5) is 0 Å². The van der Waals surface area contributed by atoms with Gasteiger partial charge in [-0.2, -0.15) is 0 Å². The van der Waals surface area contributed by atoms with Gasteiger partial charge in [0.1, 0.15) is 0 Å². The Morgan fingerprint density at radius 1 is 1.35 bits per heavy atom. The van der Waals surface area contributed by atoms with E-state index in [2.05, 4.69) is 19.2 Å². The van der Waals surface area contributed by atoms with Crippen LogP contribution in [-0.2, 0) is 4.79 Å². The summed E-state index contributed by atoms with van der Waals surface area (Å²) in [6.45, 7) is 8.18. The number of hydrogen-bond acceptors (Lipinski definition) is 2. The summed E-state index contributed by atoms with van der Waals surface area (Å²) in [5.41, 5.74) is 0. The maximum Gasteiger partial charge on any atom is 0.219 e. The molecule has 98 valence electrons. The lowest BCUT2D eigenvalue weighted by atomic mass is 9.91. The van der Waals surface area contributed by atoms with Crippen molar-refractivity contribution < 1.29 is 4.79 Å². The van der Waals surface area contributed by atoms with Gasteiger partial charge in [-0.15, -0.1) is 0 Å². The Kier molecular flexibility index (Phi) is 4.08. The third kappa shape index (κ3) is 2.82. The van der Waals surface area contributed by atoms with E-state index in [0.717, 1.165) is 13.1 Å². The molecule has 1 amide bonds. The van der Waals surface area contributed by atoms with Crippen molar-refractivity contribution in [3.05, 3.63) is 0 Å². The zero-order valence-electron chi connectivity index (χ0n) is 11.4. The van der Waals surface area contributed by atoms with Crippen LogP contribution in [0.1, 0.15) is 46.5 Å². The smallest absolute Gasteiger partial charge is 0.219 e. The summed E-state index contributed by atoms with van der Waals surface area (Å²) in [4.78, 5) is 13.5. The molecule has 1 saturated heterocycles. The van der Waals surface area contributed by atoms with E-state index in [9.17, 15) is 4.79 Å². The molecule has 0 spiro atoms. The van der Waals surface area contributed by atoms with Crippen LogP contribution in [0.15, 0.2) is 0 Å². The number of nitrogens with one attached hydrogen (secondary N) is 1. The lowest BCUT2D eigenvalue weighted by Gasteiger charge is -2.39. The number of hydrogen-bond donors (Lipinski definition) is 1. The minimum atomic E-state index is 0.252. The number of likely N-dealkylation sites (tertiary alicyclic amines) is 1. The van der Waals surface area contributed by atoms with Crippen molar-refractivity contribution in [3.63, 3.8) is 0 Å². The van der Waals surface area contributed by atoms with Gasteiger partial charge in [0.25, 0.3) is 0 Å². The van der Waals surface area contributed by atoms with Crippen molar-refractivity contribution in [1.29, 1.82) is 0 Å². The lowest BCUT2D eigenvalue weighted by molar-refractivity contribution is -0.131. The van der Waals surface area contributed by atoms with Crippen molar-refractivity contribution in [1.82, 2.24) is 10.2 Å². The van der Waals surface area contributed by atoms with Gasteiger partial charge in [-0.1, -0.05) is 13.3 Å². The van der Waals surface area contributed by atoms with Crippen molar-refractivity contribution in [2.24, 2.45) is 11.8 Å². The second kappa shape index (κ2) is 5.38. The molecular formula is C14H26N2O. The summed E-state index contributed by atoms with van der Waals surface area (Å²) in [7, 11) is 0. The Balaban J connectivity index is 1.92. The van der Waals surface area contributed by atoms with Gasteiger partial charge in [-0.05, 0) is 38.0 Å². The number of fused-ring (bicyclic) bond motifs is 2. The molecule has 0 aromatic carbocycles. The minimum Gasteiger partial charge on any atom is -0.342 e. The predicted molar refractivity (Wildman–Crippen MR) is 69.8 cm³/mol. The van der Waals surface area contributed by atoms with E-state index in [4.69, 9.17) is 0 Å². The number of carbonyl (C=O) groups excluding carboxylic acids is 1. The Morgan fingerprint density at radius 2 is 1.94 bits per heavy atom. The fourth-order valence-corrected chi connectivity index (χ4v) is 3.60. The monoisotopic (exact) mass is 238 g/mol. The molecule has 3 nitrogen and oxygen atoms in total. The van der Waals surface area contributed by atoms with Crippen molar-refractivity contribution in [2.45, 2.75) is 58.5 Å². The normalized spacial score (nSPS) is 33.8. The second-order valence-electron chi connectivity index (χ2n) is 5.90. The van der Waals surface area contributed by atoms with E-state index in [-0.39, 0.29) is 5.91 Å². The molecule has 1 N–H and O–H groups in total. The Labute approximate surface area is 105 Å². The zero-order chi connectivity index (χ0) is 12.4. The van der Waals surface area contributed by atoms with Crippen LogP contribution in [0, 0.1) is 11.8 Å². The van der Waals surface area contributed by atoms with E-state index in [1.165, 1.54) is 25.7 Å². The number of rotatable bonds is 4. The van der Waals surface area contributed by atoms with Crippen LogP contribution in [0.2, 0.25) is 0 Å². The summed E-state index contributed by atoms with van der Waals surface area (Å²) < 4.78 is 0. The SMILES string of the molecule is CCCC(C)NC1C2CCC1CN(C(C)=O)C2. The largest absolute Gasteiger partial charge is 0.342 e. The van der Waals surface area contributed by atoms with Crippen LogP contribution in [0.25, 0.3) is 0 Å². The van der Waals surface area contributed by atoms with E-state index in [0.29, 0.717) is 23.9 Å². The average Bonchev–Trinajstić information content (AvgIpc) is 2.51. The highest BCUT2D eigenvalue weighted by molar-refractivity contribution is 5.73. The van der Waals surface area contributed by atoms with Gasteiger partial charge in [-0.25, -0.2) is 0 Å². The number of nitrogens with zero attached hydrogens (tertiary/aromatic N) is 1. The topological polar surface area (TPSA) is 32.3 Å². The Morgan fingerprint density at radius 3 is 2.41 bits per heavy atom. The van der Waals surface area contributed by atoms with E-state index >= 15 is 0 Å². The molecule has 2 fully saturated rings. The standard InChI is InChI=1S/C14H26N2O/c1-4-5-10(2)15-14-12-6-7-13(14)9-16(8-12)11(3)17/h10,12-15H,4-9H2,1-3H3. The highest BCUT2D eigenvalue weighted by Gasteiger charge is 2.42. The molecule has 2 aliphatic rings. The highest BCUT2D eigenvalue weighted by Crippen LogP contribution is 2.37.